The molecule has 0 heterocycles. The normalized spacial score (nSPS) is 10.6. The Hall–Kier alpha value is -3.34. The molecule has 0 atom stereocenters. The Morgan fingerprint density at radius 3 is 2.42 bits per heavy atom. The topological polar surface area (TPSA) is 95.1 Å². The lowest BCUT2D eigenvalue weighted by Gasteiger charge is -2.10. The minimum atomic E-state index is -0.522. The van der Waals surface area contributed by atoms with Gasteiger partial charge in [-0.2, -0.15) is 10.5 Å². The van der Waals surface area contributed by atoms with Crippen molar-refractivity contribution in [1.82, 2.24) is 0 Å². The standard InChI is InChI=1S/C25H17BrIN3O3/c26-22-13-18(14-23(27)24(22)32-11-10-28)12-19(15-29)25(31)30-20-6-8-21(9-7-20)33-16-17-4-2-1-3-5-17/h1-9,12-14H,11,16H2,(H,30,31)/b19-12+. The highest BCUT2D eigenvalue weighted by Gasteiger charge is 2.13. The van der Waals surface area contributed by atoms with Crippen LogP contribution >= 0.6 is 38.5 Å². The molecule has 1 N–H and O–H groups in total. The quantitative estimate of drug-likeness (QED) is 0.189. The second-order valence-corrected chi connectivity index (χ2v) is 8.70. The summed E-state index contributed by atoms with van der Waals surface area (Å²) < 4.78 is 12.5. The zero-order valence-electron chi connectivity index (χ0n) is 17.2. The Labute approximate surface area is 213 Å². The molecule has 0 saturated carbocycles. The molecule has 0 fully saturated rings. The van der Waals surface area contributed by atoms with Gasteiger partial charge in [0.15, 0.2) is 6.61 Å². The molecular formula is C25H17BrIN3O3. The summed E-state index contributed by atoms with van der Waals surface area (Å²) >= 11 is 5.47. The smallest absolute Gasteiger partial charge is 0.266 e. The fraction of sp³-hybridized carbons (Fsp3) is 0.0800. The van der Waals surface area contributed by atoms with Crippen LogP contribution in [0.5, 0.6) is 11.5 Å². The number of amides is 1. The molecule has 3 aromatic rings. The number of benzene rings is 3. The van der Waals surface area contributed by atoms with Crippen LogP contribution in [0.3, 0.4) is 0 Å². The lowest BCUT2D eigenvalue weighted by atomic mass is 10.1. The maximum atomic E-state index is 12.6. The predicted octanol–water partition coefficient (Wildman–Crippen LogP) is 6.08. The van der Waals surface area contributed by atoms with Gasteiger partial charge < -0.3 is 14.8 Å². The van der Waals surface area contributed by atoms with Gasteiger partial charge in [-0.15, -0.1) is 0 Å². The van der Waals surface area contributed by atoms with Crippen molar-refractivity contribution in [2.45, 2.75) is 6.61 Å². The molecule has 0 aliphatic rings. The Bertz CT molecular complexity index is 1220. The van der Waals surface area contributed by atoms with Gasteiger partial charge in [0, 0.05) is 5.69 Å². The molecule has 0 radical (unpaired) electrons. The molecular weight excluding hydrogens is 597 g/mol. The lowest BCUT2D eigenvalue weighted by Crippen LogP contribution is -2.13. The Morgan fingerprint density at radius 1 is 1.06 bits per heavy atom. The van der Waals surface area contributed by atoms with Crippen molar-refractivity contribution in [3.8, 4) is 23.6 Å². The van der Waals surface area contributed by atoms with Gasteiger partial charge >= 0.3 is 0 Å². The van der Waals surface area contributed by atoms with Crippen molar-refractivity contribution in [3.63, 3.8) is 0 Å². The van der Waals surface area contributed by atoms with Gasteiger partial charge in [0.2, 0.25) is 0 Å². The number of nitrogens with one attached hydrogen (secondary N) is 1. The summed E-state index contributed by atoms with van der Waals surface area (Å²) in [6.07, 6.45) is 1.49. The van der Waals surface area contributed by atoms with E-state index < -0.39 is 5.91 Å². The van der Waals surface area contributed by atoms with Crippen molar-refractivity contribution in [3.05, 3.63) is 91.5 Å². The van der Waals surface area contributed by atoms with E-state index in [-0.39, 0.29) is 12.2 Å². The third kappa shape index (κ3) is 7.07. The van der Waals surface area contributed by atoms with Crippen molar-refractivity contribution in [1.29, 1.82) is 10.5 Å². The fourth-order valence-corrected chi connectivity index (χ4v) is 4.56. The molecule has 1 amide bonds. The van der Waals surface area contributed by atoms with E-state index in [4.69, 9.17) is 14.7 Å². The fourth-order valence-electron chi connectivity index (χ4n) is 2.79. The zero-order chi connectivity index (χ0) is 23.6. The first-order valence-corrected chi connectivity index (χ1v) is 11.6. The molecule has 6 nitrogen and oxygen atoms in total. The SMILES string of the molecule is N#CCOc1c(Br)cc(/C=C(\C#N)C(=O)Nc2ccc(OCc3ccccc3)cc2)cc1I. The average Bonchev–Trinajstić information content (AvgIpc) is 2.82. The maximum Gasteiger partial charge on any atom is 0.266 e. The van der Waals surface area contributed by atoms with E-state index in [9.17, 15) is 10.1 Å². The maximum absolute atomic E-state index is 12.6. The van der Waals surface area contributed by atoms with Gasteiger partial charge in [0.05, 0.1) is 8.04 Å². The highest BCUT2D eigenvalue weighted by Crippen LogP contribution is 2.32. The van der Waals surface area contributed by atoms with E-state index in [1.807, 2.05) is 42.5 Å². The molecule has 3 aromatic carbocycles. The number of carbonyl (C=O) groups excluding carboxylic acids is 1. The molecule has 33 heavy (non-hydrogen) atoms. The van der Waals surface area contributed by atoms with Gasteiger partial charge in [-0.05, 0) is 92.1 Å². The number of halogens is 2. The van der Waals surface area contributed by atoms with Crippen molar-refractivity contribution in [2.24, 2.45) is 0 Å². The molecule has 8 heteroatoms. The van der Waals surface area contributed by atoms with E-state index in [0.29, 0.717) is 33.8 Å². The molecule has 0 aliphatic carbocycles. The third-order valence-electron chi connectivity index (χ3n) is 4.34. The summed E-state index contributed by atoms with van der Waals surface area (Å²) in [7, 11) is 0. The van der Waals surface area contributed by atoms with Gasteiger partial charge in [-0.25, -0.2) is 0 Å². The number of ether oxygens (including phenoxy) is 2. The molecule has 3 rings (SSSR count). The summed E-state index contributed by atoms with van der Waals surface area (Å²) in [5, 5.41) is 20.9. The Kier molecular flexibility index (Phi) is 8.87. The van der Waals surface area contributed by atoms with Gasteiger partial charge in [-0.1, -0.05) is 30.3 Å². The summed E-state index contributed by atoms with van der Waals surface area (Å²) in [5.74, 6) is 0.684. The molecule has 0 aliphatic heterocycles. The average molecular weight is 614 g/mol. The molecule has 164 valence electrons. The van der Waals surface area contributed by atoms with E-state index in [0.717, 1.165) is 9.13 Å². The molecule has 0 aromatic heterocycles. The minimum Gasteiger partial charge on any atom is -0.489 e. The van der Waals surface area contributed by atoms with Crippen molar-refractivity contribution in [2.75, 3.05) is 11.9 Å². The van der Waals surface area contributed by atoms with Crippen molar-refractivity contribution >= 4 is 56.2 Å². The van der Waals surface area contributed by atoms with Crippen LogP contribution in [0, 0.1) is 26.2 Å². The minimum absolute atomic E-state index is 0.0483. The van der Waals surface area contributed by atoms with Crippen LogP contribution < -0.4 is 14.8 Å². The second kappa shape index (κ2) is 12.0. The van der Waals surface area contributed by atoms with E-state index >= 15 is 0 Å². The van der Waals surface area contributed by atoms with E-state index in [2.05, 4.69) is 43.8 Å². The first-order chi connectivity index (χ1) is 16.0. The number of anilines is 1. The first kappa shape index (κ1) is 24.3. The molecule has 0 spiro atoms. The van der Waals surface area contributed by atoms with E-state index in [1.165, 1.54) is 6.08 Å². The summed E-state index contributed by atoms with van der Waals surface area (Å²) in [5.41, 5.74) is 2.20. The first-order valence-electron chi connectivity index (χ1n) is 9.69. The molecule has 0 unspecified atom stereocenters. The van der Waals surface area contributed by atoms with Crippen LogP contribution in [0.4, 0.5) is 5.69 Å². The molecule has 0 bridgehead atoms. The second-order valence-electron chi connectivity index (χ2n) is 6.68. The largest absolute Gasteiger partial charge is 0.489 e. The number of rotatable bonds is 8. The van der Waals surface area contributed by atoms with Crippen LogP contribution in [0.15, 0.2) is 76.8 Å². The van der Waals surface area contributed by atoms with Crippen LogP contribution in [-0.4, -0.2) is 12.5 Å². The third-order valence-corrected chi connectivity index (χ3v) is 5.73. The monoisotopic (exact) mass is 613 g/mol. The zero-order valence-corrected chi connectivity index (χ0v) is 21.0. The van der Waals surface area contributed by atoms with Gasteiger partial charge in [0.25, 0.3) is 5.91 Å². The highest BCUT2D eigenvalue weighted by atomic mass is 127. The predicted molar refractivity (Wildman–Crippen MR) is 137 cm³/mol. The van der Waals surface area contributed by atoms with Crippen LogP contribution in [0.25, 0.3) is 6.08 Å². The van der Waals surface area contributed by atoms with E-state index in [1.54, 1.807) is 36.4 Å². The van der Waals surface area contributed by atoms with Crippen LogP contribution in [0.1, 0.15) is 11.1 Å². The highest BCUT2D eigenvalue weighted by molar-refractivity contribution is 14.1. The summed E-state index contributed by atoms with van der Waals surface area (Å²) in [6.45, 7) is 0.369. The lowest BCUT2D eigenvalue weighted by molar-refractivity contribution is -0.112. The van der Waals surface area contributed by atoms with Crippen LogP contribution in [0.2, 0.25) is 0 Å². The summed E-state index contributed by atoms with van der Waals surface area (Å²) in [4.78, 5) is 12.6. The van der Waals surface area contributed by atoms with Crippen LogP contribution in [-0.2, 0) is 11.4 Å². The van der Waals surface area contributed by atoms with Crippen molar-refractivity contribution < 1.29 is 14.3 Å². The number of nitriles is 2. The number of nitrogens with zero attached hydrogens (tertiary/aromatic N) is 2. The number of hydrogen-bond acceptors (Lipinski definition) is 5. The Morgan fingerprint density at radius 2 is 1.79 bits per heavy atom. The van der Waals surface area contributed by atoms with Gasteiger partial charge in [0.1, 0.15) is 35.8 Å². The van der Waals surface area contributed by atoms with Gasteiger partial charge in [-0.3, -0.25) is 4.79 Å². The summed E-state index contributed by atoms with van der Waals surface area (Å²) in [6, 6.07) is 24.1. The number of hydrogen-bond donors (Lipinski definition) is 1. The Balaban J connectivity index is 1.66. The molecule has 0 saturated heterocycles. The number of carbonyl (C=O) groups is 1.